The lowest BCUT2D eigenvalue weighted by atomic mass is 10.1. The number of benzene rings is 2. The van der Waals surface area contributed by atoms with Crippen molar-refractivity contribution < 1.29 is 4.79 Å². The molecule has 0 fully saturated rings. The molecule has 0 aliphatic rings. The number of nitrogens with one attached hydrogen (secondary N) is 1. The summed E-state index contributed by atoms with van der Waals surface area (Å²) in [4.78, 5) is 14.5. The van der Waals surface area contributed by atoms with Gasteiger partial charge in [-0.05, 0) is 56.6 Å². The summed E-state index contributed by atoms with van der Waals surface area (Å²) in [5.74, 6) is -0.209. The van der Waals surface area contributed by atoms with Crippen molar-refractivity contribution in [1.29, 1.82) is 0 Å². The predicted molar refractivity (Wildman–Crippen MR) is 110 cm³/mol. The maximum Gasteiger partial charge on any atom is 0.271 e. The average Bonchev–Trinajstić information content (AvgIpc) is 3.08. The summed E-state index contributed by atoms with van der Waals surface area (Å²) in [6, 6.07) is 16.5. The summed E-state index contributed by atoms with van der Waals surface area (Å²) in [5.41, 5.74) is 2.88. The summed E-state index contributed by atoms with van der Waals surface area (Å²) in [5, 5.41) is 8.71. The number of likely N-dealkylation sites (N-methyl/N-ethyl adjacent to an activating group) is 1. The summed E-state index contributed by atoms with van der Waals surface area (Å²) in [6.45, 7) is 1.31. The SMILES string of the molecule is CN(C)CCNC(=O)c1cc(-c2ccc(Cl)cc2)n(-c2ccc(Cl)cc2)n1. The van der Waals surface area contributed by atoms with E-state index in [0.717, 1.165) is 23.5 Å². The van der Waals surface area contributed by atoms with Crippen LogP contribution in [0.3, 0.4) is 0 Å². The molecule has 5 nitrogen and oxygen atoms in total. The molecule has 0 unspecified atom stereocenters. The van der Waals surface area contributed by atoms with Crippen LogP contribution in [-0.4, -0.2) is 47.8 Å². The van der Waals surface area contributed by atoms with E-state index < -0.39 is 0 Å². The first kappa shape index (κ1) is 19.4. The molecule has 1 amide bonds. The highest BCUT2D eigenvalue weighted by molar-refractivity contribution is 6.30. The minimum Gasteiger partial charge on any atom is -0.349 e. The van der Waals surface area contributed by atoms with Crippen LogP contribution >= 0.6 is 23.2 Å². The second-order valence-corrected chi connectivity index (χ2v) is 7.24. The quantitative estimate of drug-likeness (QED) is 0.673. The molecule has 0 spiro atoms. The summed E-state index contributed by atoms with van der Waals surface area (Å²) in [7, 11) is 3.92. The molecule has 0 radical (unpaired) electrons. The third-order valence-electron chi connectivity index (χ3n) is 4.00. The highest BCUT2D eigenvalue weighted by atomic mass is 35.5. The van der Waals surface area contributed by atoms with Crippen molar-refractivity contribution >= 4 is 29.1 Å². The lowest BCUT2D eigenvalue weighted by Crippen LogP contribution is -2.31. The number of halogens is 2. The van der Waals surface area contributed by atoms with Crippen molar-refractivity contribution in [2.24, 2.45) is 0 Å². The maximum absolute atomic E-state index is 12.5. The topological polar surface area (TPSA) is 50.2 Å². The Hall–Kier alpha value is -2.34. The van der Waals surface area contributed by atoms with Gasteiger partial charge in [0.05, 0.1) is 11.4 Å². The number of carbonyl (C=O) groups excluding carboxylic acids is 1. The first-order valence-corrected chi connectivity index (χ1v) is 9.24. The van der Waals surface area contributed by atoms with E-state index in [0.29, 0.717) is 22.3 Å². The Morgan fingerprint density at radius 3 is 2.22 bits per heavy atom. The van der Waals surface area contributed by atoms with Gasteiger partial charge >= 0.3 is 0 Å². The lowest BCUT2D eigenvalue weighted by Gasteiger charge is -2.09. The Labute approximate surface area is 168 Å². The number of amides is 1. The first-order valence-electron chi connectivity index (χ1n) is 8.49. The second kappa shape index (κ2) is 8.57. The smallest absolute Gasteiger partial charge is 0.271 e. The highest BCUT2D eigenvalue weighted by Crippen LogP contribution is 2.26. The number of carbonyl (C=O) groups is 1. The van der Waals surface area contributed by atoms with Crippen LogP contribution in [-0.2, 0) is 0 Å². The van der Waals surface area contributed by atoms with Crippen LogP contribution in [0.5, 0.6) is 0 Å². The van der Waals surface area contributed by atoms with Gasteiger partial charge in [-0.2, -0.15) is 5.10 Å². The zero-order chi connectivity index (χ0) is 19.4. The van der Waals surface area contributed by atoms with Crippen LogP contribution in [0, 0.1) is 0 Å². The number of hydrogen-bond acceptors (Lipinski definition) is 3. The van der Waals surface area contributed by atoms with E-state index in [1.807, 2.05) is 55.4 Å². The fourth-order valence-corrected chi connectivity index (χ4v) is 2.83. The van der Waals surface area contributed by atoms with Crippen LogP contribution in [0.25, 0.3) is 16.9 Å². The van der Waals surface area contributed by atoms with Gasteiger partial charge < -0.3 is 10.2 Å². The molecule has 1 aromatic heterocycles. The van der Waals surface area contributed by atoms with Gasteiger partial charge in [0.1, 0.15) is 0 Å². The Morgan fingerprint density at radius 1 is 1.04 bits per heavy atom. The maximum atomic E-state index is 12.5. The van der Waals surface area contributed by atoms with Gasteiger partial charge in [-0.1, -0.05) is 35.3 Å². The van der Waals surface area contributed by atoms with Gasteiger partial charge in [-0.3, -0.25) is 4.79 Å². The van der Waals surface area contributed by atoms with Gasteiger partial charge in [0, 0.05) is 28.7 Å². The Balaban J connectivity index is 1.97. The standard InChI is InChI=1S/C20H20Cl2N4O/c1-25(2)12-11-23-20(27)18-13-19(14-3-5-15(21)6-4-14)26(24-18)17-9-7-16(22)8-10-17/h3-10,13H,11-12H2,1-2H3,(H,23,27). The van der Waals surface area contributed by atoms with E-state index in [2.05, 4.69) is 10.4 Å². The zero-order valence-corrected chi connectivity index (χ0v) is 16.6. The Bertz CT molecular complexity index is 855. The number of nitrogens with zero attached hydrogens (tertiary/aromatic N) is 3. The normalized spacial score (nSPS) is 11.0. The van der Waals surface area contributed by atoms with E-state index in [-0.39, 0.29) is 5.91 Å². The first-order chi connectivity index (χ1) is 12.9. The molecule has 0 atom stereocenters. The number of rotatable bonds is 6. The minimum absolute atomic E-state index is 0.209. The summed E-state index contributed by atoms with van der Waals surface area (Å²) in [6.07, 6.45) is 0. The largest absolute Gasteiger partial charge is 0.349 e. The molecule has 0 aliphatic carbocycles. The third-order valence-corrected chi connectivity index (χ3v) is 4.50. The predicted octanol–water partition coefficient (Wildman–Crippen LogP) is 4.14. The van der Waals surface area contributed by atoms with Crippen molar-refractivity contribution in [1.82, 2.24) is 20.0 Å². The molecule has 1 heterocycles. The molecule has 0 bridgehead atoms. The monoisotopic (exact) mass is 402 g/mol. The lowest BCUT2D eigenvalue weighted by molar-refractivity contribution is 0.0945. The Kier molecular flexibility index (Phi) is 6.16. The third kappa shape index (κ3) is 4.89. The van der Waals surface area contributed by atoms with Crippen molar-refractivity contribution in [2.45, 2.75) is 0 Å². The molecular weight excluding hydrogens is 383 g/mol. The molecule has 3 rings (SSSR count). The fraction of sp³-hybridized carbons (Fsp3) is 0.200. The molecule has 2 aromatic carbocycles. The van der Waals surface area contributed by atoms with Crippen LogP contribution in [0.2, 0.25) is 10.0 Å². The molecular formula is C20H20Cl2N4O. The molecule has 140 valence electrons. The molecule has 27 heavy (non-hydrogen) atoms. The van der Waals surface area contributed by atoms with E-state index in [9.17, 15) is 4.79 Å². The van der Waals surface area contributed by atoms with Crippen LogP contribution in [0.4, 0.5) is 0 Å². The zero-order valence-electron chi connectivity index (χ0n) is 15.1. The molecule has 7 heteroatoms. The van der Waals surface area contributed by atoms with Crippen molar-refractivity contribution in [2.75, 3.05) is 27.2 Å². The van der Waals surface area contributed by atoms with Gasteiger partial charge in [0.25, 0.3) is 5.91 Å². The fourth-order valence-electron chi connectivity index (χ4n) is 2.58. The number of hydrogen-bond donors (Lipinski definition) is 1. The summed E-state index contributed by atoms with van der Waals surface area (Å²) >= 11 is 12.0. The van der Waals surface area contributed by atoms with Crippen LogP contribution in [0.15, 0.2) is 54.6 Å². The van der Waals surface area contributed by atoms with Gasteiger partial charge in [0.2, 0.25) is 0 Å². The van der Waals surface area contributed by atoms with Crippen LogP contribution < -0.4 is 5.32 Å². The number of aromatic nitrogens is 2. The highest BCUT2D eigenvalue weighted by Gasteiger charge is 2.16. The van der Waals surface area contributed by atoms with Gasteiger partial charge in [0.15, 0.2) is 5.69 Å². The van der Waals surface area contributed by atoms with Gasteiger partial charge in [-0.25, -0.2) is 4.68 Å². The molecule has 1 N–H and O–H groups in total. The van der Waals surface area contributed by atoms with E-state index in [4.69, 9.17) is 23.2 Å². The van der Waals surface area contributed by atoms with E-state index in [1.54, 1.807) is 22.9 Å². The van der Waals surface area contributed by atoms with E-state index in [1.165, 1.54) is 0 Å². The van der Waals surface area contributed by atoms with Gasteiger partial charge in [-0.15, -0.1) is 0 Å². The van der Waals surface area contributed by atoms with Crippen molar-refractivity contribution in [3.63, 3.8) is 0 Å². The molecule has 0 saturated carbocycles. The molecule has 0 saturated heterocycles. The van der Waals surface area contributed by atoms with E-state index >= 15 is 0 Å². The molecule has 0 aliphatic heterocycles. The van der Waals surface area contributed by atoms with Crippen LogP contribution in [0.1, 0.15) is 10.5 Å². The second-order valence-electron chi connectivity index (χ2n) is 6.37. The summed E-state index contributed by atoms with van der Waals surface area (Å²) < 4.78 is 1.74. The average molecular weight is 403 g/mol. The van der Waals surface area contributed by atoms with Crippen molar-refractivity contribution in [3.8, 4) is 16.9 Å². The Morgan fingerprint density at radius 2 is 1.63 bits per heavy atom. The molecule has 3 aromatic rings. The minimum atomic E-state index is -0.209. The van der Waals surface area contributed by atoms with Crippen molar-refractivity contribution in [3.05, 3.63) is 70.3 Å².